The van der Waals surface area contributed by atoms with Crippen LogP contribution in [0.2, 0.25) is 0 Å². The smallest absolute Gasteiger partial charge is 0.348 e. The SMILES string of the molecule is COC(=O)c1sc(N2CCOCC2)c(C#N)c1C. The van der Waals surface area contributed by atoms with Crippen LogP contribution < -0.4 is 4.90 Å². The molecule has 6 heteroatoms. The van der Waals surface area contributed by atoms with Gasteiger partial charge in [-0.25, -0.2) is 4.79 Å². The van der Waals surface area contributed by atoms with E-state index in [1.807, 2.05) is 0 Å². The predicted molar refractivity (Wildman–Crippen MR) is 68.1 cm³/mol. The molecule has 0 spiro atoms. The Hall–Kier alpha value is -1.58. The van der Waals surface area contributed by atoms with Crippen molar-refractivity contribution in [1.82, 2.24) is 0 Å². The highest BCUT2D eigenvalue weighted by Crippen LogP contribution is 2.36. The topological polar surface area (TPSA) is 62.6 Å². The molecule has 0 atom stereocenters. The van der Waals surface area contributed by atoms with Crippen LogP contribution in [0.25, 0.3) is 0 Å². The van der Waals surface area contributed by atoms with Crippen LogP contribution in [-0.2, 0) is 9.47 Å². The van der Waals surface area contributed by atoms with Gasteiger partial charge >= 0.3 is 5.97 Å². The summed E-state index contributed by atoms with van der Waals surface area (Å²) in [4.78, 5) is 14.2. The summed E-state index contributed by atoms with van der Waals surface area (Å²) in [5.74, 6) is -0.381. The number of carbonyl (C=O) groups excluding carboxylic acids is 1. The minimum atomic E-state index is -0.381. The Morgan fingerprint density at radius 2 is 2.17 bits per heavy atom. The molecule has 0 saturated carbocycles. The number of morpholine rings is 1. The van der Waals surface area contributed by atoms with Crippen LogP contribution in [0.3, 0.4) is 0 Å². The fourth-order valence-electron chi connectivity index (χ4n) is 1.91. The molecule has 96 valence electrons. The Morgan fingerprint density at radius 3 is 2.72 bits per heavy atom. The maximum Gasteiger partial charge on any atom is 0.348 e. The molecule has 1 saturated heterocycles. The third-order valence-corrected chi connectivity index (χ3v) is 4.24. The summed E-state index contributed by atoms with van der Waals surface area (Å²) in [7, 11) is 1.35. The van der Waals surface area contributed by atoms with Crippen LogP contribution in [0.15, 0.2) is 0 Å². The fourth-order valence-corrected chi connectivity index (χ4v) is 3.13. The second kappa shape index (κ2) is 5.38. The number of methoxy groups -OCH3 is 1. The second-order valence-electron chi connectivity index (χ2n) is 3.94. The highest BCUT2D eigenvalue weighted by atomic mass is 32.1. The van der Waals surface area contributed by atoms with E-state index in [0.29, 0.717) is 29.2 Å². The maximum atomic E-state index is 11.6. The predicted octanol–water partition coefficient (Wildman–Crippen LogP) is 1.55. The molecule has 5 nitrogen and oxygen atoms in total. The summed E-state index contributed by atoms with van der Waals surface area (Å²) in [5.41, 5.74) is 1.28. The van der Waals surface area contributed by atoms with Crippen molar-refractivity contribution < 1.29 is 14.3 Å². The number of anilines is 1. The molecule has 18 heavy (non-hydrogen) atoms. The number of nitriles is 1. The first-order valence-electron chi connectivity index (χ1n) is 5.63. The van der Waals surface area contributed by atoms with Crippen molar-refractivity contribution in [3.05, 3.63) is 16.0 Å². The van der Waals surface area contributed by atoms with Gasteiger partial charge in [-0.2, -0.15) is 5.26 Å². The molecule has 1 aromatic heterocycles. The van der Waals surface area contributed by atoms with Crippen LogP contribution >= 0.6 is 11.3 Å². The van der Waals surface area contributed by atoms with Gasteiger partial charge in [0, 0.05) is 13.1 Å². The summed E-state index contributed by atoms with van der Waals surface area (Å²) in [6.45, 7) is 4.57. The molecular formula is C12H14N2O3S. The van der Waals surface area contributed by atoms with E-state index in [4.69, 9.17) is 9.47 Å². The average molecular weight is 266 g/mol. The van der Waals surface area contributed by atoms with E-state index >= 15 is 0 Å². The van der Waals surface area contributed by atoms with Crippen molar-refractivity contribution >= 4 is 22.3 Å². The van der Waals surface area contributed by atoms with Crippen LogP contribution in [0, 0.1) is 18.3 Å². The van der Waals surface area contributed by atoms with Crippen molar-refractivity contribution in [1.29, 1.82) is 5.26 Å². The Morgan fingerprint density at radius 1 is 1.50 bits per heavy atom. The van der Waals surface area contributed by atoms with Gasteiger partial charge in [0.15, 0.2) is 0 Å². The summed E-state index contributed by atoms with van der Waals surface area (Å²) >= 11 is 1.32. The van der Waals surface area contributed by atoms with Gasteiger partial charge in [-0.05, 0) is 12.5 Å². The number of nitrogens with zero attached hydrogens (tertiary/aromatic N) is 2. The normalized spacial score (nSPS) is 15.3. The summed E-state index contributed by atoms with van der Waals surface area (Å²) < 4.78 is 10.0. The van der Waals surface area contributed by atoms with Crippen molar-refractivity contribution in [2.24, 2.45) is 0 Å². The van der Waals surface area contributed by atoms with Gasteiger partial charge in [0.25, 0.3) is 0 Å². The van der Waals surface area contributed by atoms with E-state index in [2.05, 4.69) is 11.0 Å². The molecule has 0 radical (unpaired) electrons. The van der Waals surface area contributed by atoms with E-state index in [1.54, 1.807) is 6.92 Å². The molecule has 2 heterocycles. The van der Waals surface area contributed by atoms with Crippen molar-refractivity contribution in [3.63, 3.8) is 0 Å². The van der Waals surface area contributed by atoms with Crippen molar-refractivity contribution in [2.45, 2.75) is 6.92 Å². The Kier molecular flexibility index (Phi) is 3.84. The lowest BCUT2D eigenvalue weighted by molar-refractivity contribution is 0.0605. The van der Waals surface area contributed by atoms with E-state index in [1.165, 1.54) is 18.4 Å². The number of hydrogen-bond acceptors (Lipinski definition) is 6. The Bertz CT molecular complexity index is 498. The zero-order chi connectivity index (χ0) is 13.1. The van der Waals surface area contributed by atoms with E-state index < -0.39 is 0 Å². The molecule has 0 N–H and O–H groups in total. The number of carbonyl (C=O) groups is 1. The molecule has 1 aromatic rings. The highest BCUT2D eigenvalue weighted by Gasteiger charge is 2.24. The molecule has 0 amide bonds. The first-order chi connectivity index (χ1) is 8.69. The Labute approximate surface area is 110 Å². The van der Waals surface area contributed by atoms with Gasteiger partial charge in [-0.1, -0.05) is 0 Å². The number of rotatable bonds is 2. The van der Waals surface area contributed by atoms with Gasteiger partial charge in [-0.3, -0.25) is 0 Å². The van der Waals surface area contributed by atoms with Crippen LogP contribution in [0.5, 0.6) is 0 Å². The standard InChI is InChI=1S/C12H14N2O3S/c1-8-9(7-13)11(14-3-5-17-6-4-14)18-10(8)12(15)16-2/h3-6H2,1-2H3. The van der Waals surface area contributed by atoms with Crippen LogP contribution in [0.4, 0.5) is 5.00 Å². The number of ether oxygens (including phenoxy) is 2. The molecule has 0 unspecified atom stereocenters. The first kappa shape index (κ1) is 12.9. The van der Waals surface area contributed by atoms with Gasteiger partial charge in [0.2, 0.25) is 0 Å². The molecule has 1 fully saturated rings. The molecule has 1 aliphatic rings. The van der Waals surface area contributed by atoms with Gasteiger partial charge in [0.05, 0.1) is 25.9 Å². The van der Waals surface area contributed by atoms with Crippen LogP contribution in [-0.4, -0.2) is 39.4 Å². The molecule has 2 rings (SSSR count). The summed E-state index contributed by atoms with van der Waals surface area (Å²) in [6.07, 6.45) is 0. The molecular weight excluding hydrogens is 252 g/mol. The van der Waals surface area contributed by atoms with Gasteiger partial charge in [0.1, 0.15) is 15.9 Å². The minimum Gasteiger partial charge on any atom is -0.465 e. The van der Waals surface area contributed by atoms with Gasteiger partial charge in [-0.15, -0.1) is 11.3 Å². The number of hydrogen-bond donors (Lipinski definition) is 0. The summed E-state index contributed by atoms with van der Waals surface area (Å²) in [6, 6.07) is 2.18. The lowest BCUT2D eigenvalue weighted by atomic mass is 10.1. The zero-order valence-corrected chi connectivity index (χ0v) is 11.2. The molecule has 1 aliphatic heterocycles. The van der Waals surface area contributed by atoms with E-state index in [9.17, 15) is 10.1 Å². The number of thiophene rings is 1. The molecule has 0 bridgehead atoms. The van der Waals surface area contributed by atoms with Crippen LogP contribution in [0.1, 0.15) is 20.8 Å². The maximum absolute atomic E-state index is 11.6. The fraction of sp³-hybridized carbons (Fsp3) is 0.500. The first-order valence-corrected chi connectivity index (χ1v) is 6.45. The van der Waals surface area contributed by atoms with Gasteiger partial charge < -0.3 is 14.4 Å². The zero-order valence-electron chi connectivity index (χ0n) is 10.4. The monoisotopic (exact) mass is 266 g/mol. The number of esters is 1. The highest BCUT2D eigenvalue weighted by molar-refractivity contribution is 7.18. The third kappa shape index (κ3) is 2.19. The van der Waals surface area contributed by atoms with E-state index in [0.717, 1.165) is 18.1 Å². The minimum absolute atomic E-state index is 0.381. The second-order valence-corrected chi connectivity index (χ2v) is 4.94. The summed E-state index contributed by atoms with van der Waals surface area (Å²) in [5, 5.41) is 10.1. The Balaban J connectivity index is 2.40. The largest absolute Gasteiger partial charge is 0.465 e. The van der Waals surface area contributed by atoms with E-state index in [-0.39, 0.29) is 5.97 Å². The third-order valence-electron chi connectivity index (χ3n) is 2.91. The average Bonchev–Trinajstić information content (AvgIpc) is 2.76. The van der Waals surface area contributed by atoms with Crippen molar-refractivity contribution in [3.8, 4) is 6.07 Å². The molecule has 0 aromatic carbocycles. The molecule has 0 aliphatic carbocycles. The lowest BCUT2D eigenvalue weighted by Gasteiger charge is -2.27. The lowest BCUT2D eigenvalue weighted by Crippen LogP contribution is -2.36. The quantitative estimate of drug-likeness (QED) is 0.760. The van der Waals surface area contributed by atoms with Crippen molar-refractivity contribution in [2.75, 3.05) is 38.3 Å².